The number of benzene rings is 2. The van der Waals surface area contributed by atoms with Crippen molar-refractivity contribution in [3.8, 4) is 17.1 Å². The molecule has 0 aliphatic carbocycles. The van der Waals surface area contributed by atoms with Crippen molar-refractivity contribution >= 4 is 11.0 Å². The number of hydrogen-bond acceptors (Lipinski definition) is 3. The summed E-state index contributed by atoms with van der Waals surface area (Å²) >= 11 is 0. The molecule has 1 N–H and O–H groups in total. The van der Waals surface area contributed by atoms with E-state index < -0.39 is 11.6 Å². The summed E-state index contributed by atoms with van der Waals surface area (Å²) in [7, 11) is 1.54. The average Bonchev–Trinajstić information content (AvgIpc) is 2.95. The number of furan rings is 1. The molecule has 0 radical (unpaired) electrons. The van der Waals surface area contributed by atoms with E-state index in [1.165, 1.54) is 19.2 Å². The van der Waals surface area contributed by atoms with Crippen molar-refractivity contribution in [3.63, 3.8) is 0 Å². The molecule has 0 aliphatic rings. The van der Waals surface area contributed by atoms with E-state index in [0.717, 1.165) is 17.0 Å². The number of aliphatic hydroxyl groups excluding tert-OH is 1. The highest BCUT2D eigenvalue weighted by Crippen LogP contribution is 2.35. The standard InChI is InChI=1S/C18H16F2O3/c1-22-17-6-11(3-2-4-21)5-13-9-16(23-18(13)17)12-7-14(19)10-15(20)8-12/h5-10,21H,2-4H2,1H3. The summed E-state index contributed by atoms with van der Waals surface area (Å²) < 4.78 is 37.9. The van der Waals surface area contributed by atoms with E-state index in [0.29, 0.717) is 35.5 Å². The maximum atomic E-state index is 13.4. The second-order valence-corrected chi connectivity index (χ2v) is 5.31. The molecule has 0 amide bonds. The number of ether oxygens (including phenoxy) is 1. The second kappa shape index (κ2) is 6.38. The van der Waals surface area contributed by atoms with Gasteiger partial charge in [-0.1, -0.05) is 0 Å². The van der Waals surface area contributed by atoms with Crippen LogP contribution in [0.25, 0.3) is 22.3 Å². The minimum absolute atomic E-state index is 0.111. The summed E-state index contributed by atoms with van der Waals surface area (Å²) in [6, 6.07) is 8.77. The van der Waals surface area contributed by atoms with Crippen LogP contribution >= 0.6 is 0 Å². The van der Waals surface area contributed by atoms with Crippen LogP contribution in [0.5, 0.6) is 5.75 Å². The zero-order chi connectivity index (χ0) is 16.4. The molecule has 3 aromatic rings. The third-order valence-electron chi connectivity index (χ3n) is 3.63. The summed E-state index contributed by atoms with van der Waals surface area (Å²) in [5.41, 5.74) is 1.86. The SMILES string of the molecule is COc1cc(CCCO)cc2cc(-c3cc(F)cc(F)c3)oc12. The predicted octanol–water partition coefficient (Wildman–Crippen LogP) is 4.31. The van der Waals surface area contributed by atoms with Gasteiger partial charge in [0.2, 0.25) is 0 Å². The summed E-state index contributed by atoms with van der Waals surface area (Å²) in [6.07, 6.45) is 1.35. The van der Waals surface area contributed by atoms with Gasteiger partial charge in [-0.05, 0) is 48.7 Å². The van der Waals surface area contributed by atoms with E-state index in [9.17, 15) is 8.78 Å². The Morgan fingerprint density at radius 1 is 1.04 bits per heavy atom. The molecule has 0 atom stereocenters. The molecule has 0 fully saturated rings. The van der Waals surface area contributed by atoms with Gasteiger partial charge in [0.15, 0.2) is 11.3 Å². The Hall–Kier alpha value is -2.40. The van der Waals surface area contributed by atoms with Gasteiger partial charge in [-0.3, -0.25) is 0 Å². The van der Waals surface area contributed by atoms with E-state index in [1.807, 2.05) is 12.1 Å². The zero-order valence-corrected chi connectivity index (χ0v) is 12.6. The number of hydrogen-bond donors (Lipinski definition) is 1. The van der Waals surface area contributed by atoms with Crippen LogP contribution in [0.4, 0.5) is 8.78 Å². The largest absolute Gasteiger partial charge is 0.493 e. The van der Waals surface area contributed by atoms with E-state index in [-0.39, 0.29) is 6.61 Å². The number of aliphatic hydroxyl groups is 1. The first kappa shape index (κ1) is 15.5. The lowest BCUT2D eigenvalue weighted by Crippen LogP contribution is -1.91. The molecule has 3 nitrogen and oxygen atoms in total. The molecule has 23 heavy (non-hydrogen) atoms. The Balaban J connectivity index is 2.10. The maximum absolute atomic E-state index is 13.4. The molecule has 0 spiro atoms. The van der Waals surface area contributed by atoms with Gasteiger partial charge in [0.25, 0.3) is 0 Å². The third kappa shape index (κ3) is 3.19. The Morgan fingerprint density at radius 3 is 2.43 bits per heavy atom. The molecule has 5 heteroatoms. The first-order valence-corrected chi connectivity index (χ1v) is 7.28. The van der Waals surface area contributed by atoms with Crippen LogP contribution in [-0.4, -0.2) is 18.8 Å². The van der Waals surface area contributed by atoms with Crippen molar-refractivity contribution in [3.05, 3.63) is 53.6 Å². The minimum atomic E-state index is -0.656. The summed E-state index contributed by atoms with van der Waals surface area (Å²) in [5.74, 6) is -0.387. The highest BCUT2D eigenvalue weighted by atomic mass is 19.1. The van der Waals surface area contributed by atoms with Gasteiger partial charge in [0.05, 0.1) is 7.11 Å². The third-order valence-corrected chi connectivity index (χ3v) is 3.63. The monoisotopic (exact) mass is 318 g/mol. The van der Waals surface area contributed by atoms with Crippen molar-refractivity contribution in [2.75, 3.05) is 13.7 Å². The molecular formula is C18H16F2O3. The van der Waals surface area contributed by atoms with E-state index >= 15 is 0 Å². The quantitative estimate of drug-likeness (QED) is 0.762. The topological polar surface area (TPSA) is 42.6 Å². The lowest BCUT2D eigenvalue weighted by molar-refractivity contribution is 0.288. The average molecular weight is 318 g/mol. The molecule has 0 bridgehead atoms. The van der Waals surface area contributed by atoms with Crippen molar-refractivity contribution in [1.82, 2.24) is 0 Å². The van der Waals surface area contributed by atoms with E-state index in [2.05, 4.69) is 0 Å². The van der Waals surface area contributed by atoms with Gasteiger partial charge in [-0.15, -0.1) is 0 Å². The Kier molecular flexibility index (Phi) is 4.30. The smallest absolute Gasteiger partial charge is 0.176 e. The highest BCUT2D eigenvalue weighted by molar-refractivity contribution is 5.88. The fraction of sp³-hybridized carbons (Fsp3) is 0.222. The molecule has 1 aromatic heterocycles. The molecule has 0 saturated carbocycles. The molecule has 0 saturated heterocycles. The molecule has 0 unspecified atom stereocenters. The lowest BCUT2D eigenvalue weighted by Gasteiger charge is -2.05. The Morgan fingerprint density at radius 2 is 1.78 bits per heavy atom. The van der Waals surface area contributed by atoms with Crippen LogP contribution in [0.15, 0.2) is 40.8 Å². The van der Waals surface area contributed by atoms with Crippen LogP contribution < -0.4 is 4.74 Å². The molecule has 120 valence electrons. The van der Waals surface area contributed by atoms with E-state index in [4.69, 9.17) is 14.3 Å². The van der Waals surface area contributed by atoms with Crippen molar-refractivity contribution in [2.45, 2.75) is 12.8 Å². The molecule has 3 rings (SSSR count). The normalized spacial score (nSPS) is 11.1. The minimum Gasteiger partial charge on any atom is -0.493 e. The second-order valence-electron chi connectivity index (χ2n) is 5.31. The van der Waals surface area contributed by atoms with Crippen molar-refractivity contribution < 1.29 is 23.0 Å². The van der Waals surface area contributed by atoms with Gasteiger partial charge < -0.3 is 14.3 Å². The summed E-state index contributed by atoms with van der Waals surface area (Å²) in [6.45, 7) is 0.111. The number of methoxy groups -OCH3 is 1. The first-order chi connectivity index (χ1) is 11.1. The van der Waals surface area contributed by atoms with Crippen LogP contribution in [0, 0.1) is 11.6 Å². The van der Waals surface area contributed by atoms with Gasteiger partial charge >= 0.3 is 0 Å². The molecule has 1 heterocycles. The molecule has 2 aromatic carbocycles. The number of halogens is 2. The van der Waals surface area contributed by atoms with Gasteiger partial charge in [-0.2, -0.15) is 0 Å². The van der Waals surface area contributed by atoms with Gasteiger partial charge in [0.1, 0.15) is 17.4 Å². The number of fused-ring (bicyclic) bond motifs is 1. The van der Waals surface area contributed by atoms with Crippen LogP contribution in [0.2, 0.25) is 0 Å². The van der Waals surface area contributed by atoms with Gasteiger partial charge in [-0.25, -0.2) is 8.78 Å². The van der Waals surface area contributed by atoms with Crippen molar-refractivity contribution in [1.29, 1.82) is 0 Å². The lowest BCUT2D eigenvalue weighted by atomic mass is 10.1. The number of rotatable bonds is 5. The van der Waals surface area contributed by atoms with Gasteiger partial charge in [0, 0.05) is 23.6 Å². The van der Waals surface area contributed by atoms with Crippen LogP contribution in [0.3, 0.4) is 0 Å². The summed E-state index contributed by atoms with van der Waals surface area (Å²) in [5, 5.41) is 9.74. The highest BCUT2D eigenvalue weighted by Gasteiger charge is 2.13. The predicted molar refractivity (Wildman–Crippen MR) is 83.5 cm³/mol. The van der Waals surface area contributed by atoms with E-state index in [1.54, 1.807) is 6.07 Å². The van der Waals surface area contributed by atoms with Crippen LogP contribution in [0.1, 0.15) is 12.0 Å². The first-order valence-electron chi connectivity index (χ1n) is 7.28. The maximum Gasteiger partial charge on any atom is 0.176 e. The fourth-order valence-electron chi connectivity index (χ4n) is 2.60. The Labute approximate surface area is 132 Å². The summed E-state index contributed by atoms with van der Waals surface area (Å²) in [4.78, 5) is 0. The number of aryl methyl sites for hydroxylation is 1. The zero-order valence-electron chi connectivity index (χ0n) is 12.6. The Bertz CT molecular complexity index is 819. The molecule has 0 aliphatic heterocycles. The molecular weight excluding hydrogens is 302 g/mol. The van der Waals surface area contributed by atoms with Crippen molar-refractivity contribution in [2.24, 2.45) is 0 Å². The van der Waals surface area contributed by atoms with Crippen LogP contribution in [-0.2, 0) is 6.42 Å². The fourth-order valence-corrected chi connectivity index (χ4v) is 2.60.